The third kappa shape index (κ3) is 1.87. The lowest BCUT2D eigenvalue weighted by atomic mass is 10.1. The van der Waals surface area contributed by atoms with Crippen molar-refractivity contribution in [2.75, 3.05) is 0 Å². The molecule has 0 spiro atoms. The van der Waals surface area contributed by atoms with Crippen molar-refractivity contribution in [1.82, 2.24) is 0 Å². The lowest BCUT2D eigenvalue weighted by Crippen LogP contribution is -2.06. The Morgan fingerprint density at radius 2 is 2.36 bits per heavy atom. The highest BCUT2D eigenvalue weighted by Gasteiger charge is 2.18. The van der Waals surface area contributed by atoms with E-state index in [1.165, 1.54) is 5.56 Å². The summed E-state index contributed by atoms with van der Waals surface area (Å²) in [6.07, 6.45) is 2.01. The van der Waals surface area contributed by atoms with Crippen molar-refractivity contribution in [3.05, 3.63) is 34.9 Å². The number of hydrogen-bond donors (Lipinski definition) is 2. The second-order valence-electron chi connectivity index (χ2n) is 3.64. The fourth-order valence-electron chi connectivity index (χ4n) is 1.92. The summed E-state index contributed by atoms with van der Waals surface area (Å²) in [6.45, 7) is 0. The molecule has 14 heavy (non-hydrogen) atoms. The Kier molecular flexibility index (Phi) is 2.67. The van der Waals surface area contributed by atoms with Gasteiger partial charge in [-0.2, -0.15) is 0 Å². The highest BCUT2D eigenvalue weighted by Crippen LogP contribution is 2.29. The maximum absolute atomic E-state index is 10.6. The Bertz CT molecular complexity index is 378. The van der Waals surface area contributed by atoms with Gasteiger partial charge in [0, 0.05) is 6.04 Å². The molecular formula is C10H13NO2S. The van der Waals surface area contributed by atoms with Crippen LogP contribution in [0.15, 0.2) is 18.2 Å². The van der Waals surface area contributed by atoms with Crippen LogP contribution in [0, 0.1) is 0 Å². The molecule has 2 unspecified atom stereocenters. The number of rotatable bonds is 2. The van der Waals surface area contributed by atoms with Gasteiger partial charge in [0.05, 0.1) is 5.75 Å². The Morgan fingerprint density at radius 3 is 3.07 bits per heavy atom. The first-order valence-electron chi connectivity index (χ1n) is 4.61. The first-order chi connectivity index (χ1) is 6.66. The molecule has 0 radical (unpaired) electrons. The van der Waals surface area contributed by atoms with E-state index >= 15 is 0 Å². The van der Waals surface area contributed by atoms with Gasteiger partial charge in [0.25, 0.3) is 0 Å². The predicted molar refractivity (Wildman–Crippen MR) is 56.2 cm³/mol. The molecule has 0 saturated carbocycles. The molecule has 1 aliphatic rings. The van der Waals surface area contributed by atoms with Gasteiger partial charge in [-0.1, -0.05) is 18.2 Å². The van der Waals surface area contributed by atoms with E-state index in [1.54, 1.807) is 0 Å². The minimum absolute atomic E-state index is 0.108. The van der Waals surface area contributed by atoms with Crippen molar-refractivity contribution < 1.29 is 8.76 Å². The van der Waals surface area contributed by atoms with Crippen LogP contribution in [-0.4, -0.2) is 8.76 Å². The molecule has 76 valence electrons. The fraction of sp³-hybridized carbons (Fsp3) is 0.400. The van der Waals surface area contributed by atoms with Crippen LogP contribution < -0.4 is 5.73 Å². The van der Waals surface area contributed by atoms with Crippen LogP contribution >= 0.6 is 0 Å². The fourth-order valence-corrected chi connectivity index (χ4v) is 2.38. The standard InChI is InChI=1S/C10H13NO2S/c11-10-4-3-8-2-1-7(5-9(8)10)6-14(12)13/h1-2,5,10H,3-4,6,11H2,(H,12,13). The monoisotopic (exact) mass is 211 g/mol. The highest BCUT2D eigenvalue weighted by molar-refractivity contribution is 7.78. The van der Waals surface area contributed by atoms with Gasteiger partial charge in [0.2, 0.25) is 0 Å². The zero-order valence-corrected chi connectivity index (χ0v) is 8.59. The second-order valence-corrected chi connectivity index (χ2v) is 4.58. The summed E-state index contributed by atoms with van der Waals surface area (Å²) in [7, 11) is 0. The van der Waals surface area contributed by atoms with E-state index in [0.717, 1.165) is 24.0 Å². The van der Waals surface area contributed by atoms with Gasteiger partial charge >= 0.3 is 0 Å². The molecule has 0 heterocycles. The first kappa shape index (κ1) is 9.83. The van der Waals surface area contributed by atoms with Gasteiger partial charge in [-0.3, -0.25) is 0 Å². The number of hydrogen-bond acceptors (Lipinski definition) is 2. The van der Waals surface area contributed by atoms with E-state index < -0.39 is 11.1 Å². The maximum atomic E-state index is 10.6. The van der Waals surface area contributed by atoms with Crippen molar-refractivity contribution in [3.63, 3.8) is 0 Å². The van der Waals surface area contributed by atoms with E-state index in [9.17, 15) is 4.21 Å². The largest absolute Gasteiger partial charge is 0.324 e. The molecule has 0 fully saturated rings. The zero-order chi connectivity index (χ0) is 10.1. The van der Waals surface area contributed by atoms with Crippen LogP contribution in [0.1, 0.15) is 29.2 Å². The number of aryl methyl sites for hydroxylation is 1. The van der Waals surface area contributed by atoms with Gasteiger partial charge in [-0.05, 0) is 29.5 Å². The maximum Gasteiger partial charge on any atom is 0.157 e. The summed E-state index contributed by atoms with van der Waals surface area (Å²) in [5, 5.41) is 0. The predicted octanol–water partition coefficient (Wildman–Crippen LogP) is 1.35. The molecule has 0 aliphatic heterocycles. The molecule has 3 nitrogen and oxygen atoms in total. The molecule has 0 aromatic heterocycles. The topological polar surface area (TPSA) is 63.3 Å². The average molecular weight is 211 g/mol. The minimum atomic E-state index is -1.77. The molecular weight excluding hydrogens is 198 g/mol. The number of benzene rings is 1. The second kappa shape index (κ2) is 3.81. The molecule has 2 atom stereocenters. The summed E-state index contributed by atoms with van der Waals surface area (Å²) < 4.78 is 19.4. The summed E-state index contributed by atoms with van der Waals surface area (Å²) in [5.74, 6) is 0.194. The van der Waals surface area contributed by atoms with Crippen LogP contribution in [0.3, 0.4) is 0 Å². The normalized spacial score (nSPS) is 22.0. The minimum Gasteiger partial charge on any atom is -0.324 e. The molecule has 3 N–H and O–H groups in total. The van der Waals surface area contributed by atoms with E-state index in [2.05, 4.69) is 0 Å². The van der Waals surface area contributed by atoms with Crippen molar-refractivity contribution in [2.24, 2.45) is 5.73 Å². The summed E-state index contributed by atoms with van der Waals surface area (Å²) >= 11 is -1.77. The van der Waals surface area contributed by atoms with Gasteiger partial charge < -0.3 is 10.3 Å². The molecule has 0 amide bonds. The summed E-state index contributed by atoms with van der Waals surface area (Å²) in [4.78, 5) is 0. The van der Waals surface area contributed by atoms with Crippen LogP contribution in [0.2, 0.25) is 0 Å². The smallest absolute Gasteiger partial charge is 0.157 e. The molecule has 0 bridgehead atoms. The number of fused-ring (bicyclic) bond motifs is 1. The summed E-state index contributed by atoms with van der Waals surface area (Å²) in [6, 6.07) is 5.99. The first-order valence-corrected chi connectivity index (χ1v) is 5.89. The Hall–Kier alpha value is -0.710. The van der Waals surface area contributed by atoms with E-state index in [-0.39, 0.29) is 11.8 Å². The lowest BCUT2D eigenvalue weighted by Gasteiger charge is -2.06. The lowest BCUT2D eigenvalue weighted by molar-refractivity contribution is 0.563. The van der Waals surface area contributed by atoms with Crippen LogP contribution in [0.5, 0.6) is 0 Å². The molecule has 1 aliphatic carbocycles. The van der Waals surface area contributed by atoms with Crippen molar-refractivity contribution in [3.8, 4) is 0 Å². The molecule has 0 saturated heterocycles. The van der Waals surface area contributed by atoms with E-state index in [1.807, 2.05) is 18.2 Å². The van der Waals surface area contributed by atoms with Gasteiger partial charge in [-0.15, -0.1) is 0 Å². The van der Waals surface area contributed by atoms with Crippen molar-refractivity contribution >= 4 is 11.1 Å². The quantitative estimate of drug-likeness (QED) is 0.726. The van der Waals surface area contributed by atoms with Crippen molar-refractivity contribution in [1.29, 1.82) is 0 Å². The Labute approximate surface area is 85.6 Å². The summed E-state index contributed by atoms with van der Waals surface area (Å²) in [5.41, 5.74) is 9.23. The van der Waals surface area contributed by atoms with Crippen LogP contribution in [0.4, 0.5) is 0 Å². The molecule has 1 aromatic rings. The van der Waals surface area contributed by atoms with Gasteiger partial charge in [0.1, 0.15) is 0 Å². The number of nitrogens with two attached hydrogens (primary N) is 1. The third-order valence-corrected chi connectivity index (χ3v) is 3.20. The third-order valence-electron chi connectivity index (χ3n) is 2.62. The highest BCUT2D eigenvalue weighted by atomic mass is 32.2. The van der Waals surface area contributed by atoms with E-state index in [0.29, 0.717) is 0 Å². The average Bonchev–Trinajstić information content (AvgIpc) is 2.47. The molecule has 2 rings (SSSR count). The van der Waals surface area contributed by atoms with Crippen molar-refractivity contribution in [2.45, 2.75) is 24.6 Å². The van der Waals surface area contributed by atoms with Crippen LogP contribution in [0.25, 0.3) is 0 Å². The molecule has 1 aromatic carbocycles. The zero-order valence-electron chi connectivity index (χ0n) is 7.77. The van der Waals surface area contributed by atoms with E-state index in [4.69, 9.17) is 10.3 Å². The van der Waals surface area contributed by atoms with Gasteiger partial charge in [-0.25, -0.2) is 4.21 Å². The Balaban J connectivity index is 2.30. The van der Waals surface area contributed by atoms with Gasteiger partial charge in [0.15, 0.2) is 11.1 Å². The Morgan fingerprint density at radius 1 is 1.57 bits per heavy atom. The SMILES string of the molecule is NC1CCc2ccc(CS(=O)O)cc21. The molecule has 4 heteroatoms. The van der Waals surface area contributed by atoms with Crippen LogP contribution in [-0.2, 0) is 23.3 Å².